The Morgan fingerprint density at radius 1 is 1.17 bits per heavy atom. The Hall–Kier alpha value is -4.48. The Morgan fingerprint density at radius 2 is 1.90 bits per heavy atom. The molecule has 0 N–H and O–H groups in total. The lowest BCUT2D eigenvalue weighted by Crippen LogP contribution is -2.30. The van der Waals surface area contributed by atoms with Gasteiger partial charge in [0.15, 0.2) is 5.82 Å². The Balaban J connectivity index is 1.77. The summed E-state index contributed by atoms with van der Waals surface area (Å²) in [7, 11) is 1.54. The van der Waals surface area contributed by atoms with Gasteiger partial charge >= 0.3 is 0 Å². The molecular formula is C32H28ClFN4O3. The fraction of sp³-hybridized carbons (Fsp3) is 0.250. The third kappa shape index (κ3) is 4.87. The molecule has 3 heterocycles. The summed E-state index contributed by atoms with van der Waals surface area (Å²) in [6.07, 6.45) is 2.17. The van der Waals surface area contributed by atoms with E-state index in [2.05, 4.69) is 11.1 Å². The van der Waals surface area contributed by atoms with Crippen LogP contribution in [0, 0.1) is 17.1 Å². The van der Waals surface area contributed by atoms with Gasteiger partial charge in [-0.3, -0.25) is 19.5 Å². The van der Waals surface area contributed by atoms with E-state index in [0.29, 0.717) is 51.5 Å². The number of ketones is 1. The minimum absolute atomic E-state index is 0.0607. The largest absolute Gasteiger partial charge is 0.494 e. The minimum Gasteiger partial charge on any atom is -0.494 e. The molecule has 1 amide bonds. The summed E-state index contributed by atoms with van der Waals surface area (Å²) in [5, 5.41) is 9.27. The zero-order valence-corrected chi connectivity index (χ0v) is 23.9. The number of halogens is 2. The van der Waals surface area contributed by atoms with E-state index in [9.17, 15) is 14.9 Å². The van der Waals surface area contributed by atoms with Crippen molar-refractivity contribution in [3.05, 3.63) is 99.7 Å². The van der Waals surface area contributed by atoms with Gasteiger partial charge in [0, 0.05) is 30.1 Å². The Kier molecular flexibility index (Phi) is 7.65. The SMILES string of the molecule is CCC(=O)Cc1cc(-c2cc3c(n2C(C)C)C(c2ccc(C#N)cc2)N(c2cccc(Cl)c2F)C3=O)c(OC)cn1. The van der Waals surface area contributed by atoms with Gasteiger partial charge in [-0.05, 0) is 55.8 Å². The Bertz CT molecular complexity index is 1710. The molecule has 208 valence electrons. The van der Waals surface area contributed by atoms with Crippen LogP contribution >= 0.6 is 11.6 Å². The van der Waals surface area contributed by atoms with E-state index in [1.165, 1.54) is 17.0 Å². The fourth-order valence-electron chi connectivity index (χ4n) is 5.37. The highest BCUT2D eigenvalue weighted by Crippen LogP contribution is 2.48. The lowest BCUT2D eigenvalue weighted by molar-refractivity contribution is -0.118. The molecule has 0 saturated heterocycles. The smallest absolute Gasteiger partial charge is 0.261 e. The second-order valence-electron chi connectivity index (χ2n) is 10.1. The number of hydrogen-bond donors (Lipinski definition) is 0. The van der Waals surface area contributed by atoms with Crippen LogP contribution < -0.4 is 9.64 Å². The topological polar surface area (TPSA) is 88.2 Å². The average molecular weight is 571 g/mol. The first-order valence-electron chi connectivity index (χ1n) is 13.3. The molecule has 0 spiro atoms. The molecule has 0 radical (unpaired) electrons. The van der Waals surface area contributed by atoms with Crippen LogP contribution in [0.25, 0.3) is 11.3 Å². The maximum Gasteiger partial charge on any atom is 0.261 e. The highest BCUT2D eigenvalue weighted by Gasteiger charge is 2.44. The number of carbonyl (C=O) groups excluding carboxylic acids is 2. The number of aromatic nitrogens is 2. The number of nitriles is 1. The van der Waals surface area contributed by atoms with Gasteiger partial charge in [-0.25, -0.2) is 4.39 Å². The second kappa shape index (κ2) is 11.2. The van der Waals surface area contributed by atoms with E-state index in [1.807, 2.05) is 31.4 Å². The number of methoxy groups -OCH3 is 1. The van der Waals surface area contributed by atoms with Crippen molar-refractivity contribution in [3.8, 4) is 23.1 Å². The standard InChI is InChI=1S/C32H28ClFN4O3/c1-5-22(39)13-21-14-23(28(41-4)17-36-21)27-15-24-31(37(27)18(2)3)30(20-11-9-19(16-35)10-12-20)38(32(24)40)26-8-6-7-25(33)29(26)34/h6-12,14-15,17-18,30H,5,13H2,1-4H3. The number of rotatable bonds is 8. The monoisotopic (exact) mass is 570 g/mol. The van der Waals surface area contributed by atoms with Crippen molar-refractivity contribution in [1.82, 2.24) is 9.55 Å². The van der Waals surface area contributed by atoms with Crippen molar-refractivity contribution in [2.45, 2.75) is 45.7 Å². The number of anilines is 1. The number of amides is 1. The number of ether oxygens (including phenoxy) is 1. The number of hydrogen-bond acceptors (Lipinski definition) is 5. The summed E-state index contributed by atoms with van der Waals surface area (Å²) in [6.45, 7) is 5.81. The van der Waals surface area contributed by atoms with Gasteiger partial charge in [-0.1, -0.05) is 36.7 Å². The number of benzene rings is 2. The summed E-state index contributed by atoms with van der Waals surface area (Å²) >= 11 is 6.14. The highest BCUT2D eigenvalue weighted by molar-refractivity contribution is 6.31. The quantitative estimate of drug-likeness (QED) is 0.226. The molecule has 5 rings (SSSR count). The third-order valence-electron chi connectivity index (χ3n) is 7.30. The van der Waals surface area contributed by atoms with Gasteiger partial charge in [0.2, 0.25) is 0 Å². The molecule has 2 aromatic heterocycles. The molecule has 0 aliphatic carbocycles. The third-order valence-corrected chi connectivity index (χ3v) is 7.59. The van der Waals surface area contributed by atoms with Gasteiger partial charge in [0.05, 0.1) is 52.6 Å². The van der Waals surface area contributed by atoms with Gasteiger partial charge in [-0.2, -0.15) is 5.26 Å². The molecule has 1 atom stereocenters. The van der Waals surface area contributed by atoms with Crippen molar-refractivity contribution < 1.29 is 18.7 Å². The van der Waals surface area contributed by atoms with Gasteiger partial charge in [-0.15, -0.1) is 0 Å². The van der Waals surface area contributed by atoms with Crippen LogP contribution in [0.1, 0.15) is 72.1 Å². The zero-order chi connectivity index (χ0) is 29.4. The van der Waals surface area contributed by atoms with Crippen LogP contribution in [0.5, 0.6) is 5.75 Å². The predicted octanol–water partition coefficient (Wildman–Crippen LogP) is 7.08. The first kappa shape index (κ1) is 28.1. The van der Waals surface area contributed by atoms with Crippen LogP contribution in [0.4, 0.5) is 10.1 Å². The van der Waals surface area contributed by atoms with Crippen LogP contribution in [0.3, 0.4) is 0 Å². The number of carbonyl (C=O) groups is 2. The molecule has 7 nitrogen and oxygen atoms in total. The molecule has 4 aromatic rings. The van der Waals surface area contributed by atoms with E-state index in [4.69, 9.17) is 16.3 Å². The van der Waals surface area contributed by atoms with Gasteiger partial charge in [0.25, 0.3) is 5.91 Å². The normalized spacial score (nSPS) is 14.3. The Labute approximate surface area is 242 Å². The average Bonchev–Trinajstić information content (AvgIpc) is 3.49. The molecule has 1 unspecified atom stereocenters. The first-order valence-corrected chi connectivity index (χ1v) is 13.7. The molecule has 41 heavy (non-hydrogen) atoms. The van der Waals surface area contributed by atoms with E-state index in [-0.39, 0.29) is 34.9 Å². The molecule has 2 aromatic carbocycles. The van der Waals surface area contributed by atoms with E-state index < -0.39 is 11.9 Å². The van der Waals surface area contributed by atoms with Crippen molar-refractivity contribution in [2.75, 3.05) is 12.0 Å². The predicted molar refractivity (Wildman–Crippen MR) is 155 cm³/mol. The fourth-order valence-corrected chi connectivity index (χ4v) is 5.54. The molecule has 0 fully saturated rings. The van der Waals surface area contributed by atoms with E-state index in [1.54, 1.807) is 49.7 Å². The molecular weight excluding hydrogens is 543 g/mol. The molecule has 1 aliphatic rings. The molecule has 0 bridgehead atoms. The van der Waals surface area contributed by atoms with Gasteiger partial charge < -0.3 is 9.30 Å². The lowest BCUT2D eigenvalue weighted by atomic mass is 10.0. The first-order chi connectivity index (χ1) is 19.7. The van der Waals surface area contributed by atoms with Crippen molar-refractivity contribution in [1.29, 1.82) is 5.26 Å². The summed E-state index contributed by atoms with van der Waals surface area (Å²) < 4.78 is 23.1. The summed E-state index contributed by atoms with van der Waals surface area (Å²) in [5.41, 5.74) is 4.33. The second-order valence-corrected chi connectivity index (χ2v) is 10.5. The van der Waals surface area contributed by atoms with Crippen LogP contribution in [-0.4, -0.2) is 28.4 Å². The highest BCUT2D eigenvalue weighted by atomic mass is 35.5. The van der Waals surface area contributed by atoms with Crippen molar-refractivity contribution >= 4 is 29.0 Å². The lowest BCUT2D eigenvalue weighted by Gasteiger charge is -2.29. The molecule has 0 saturated carbocycles. The minimum atomic E-state index is -0.705. The zero-order valence-electron chi connectivity index (χ0n) is 23.1. The van der Waals surface area contributed by atoms with Crippen molar-refractivity contribution in [3.63, 3.8) is 0 Å². The number of fused-ring (bicyclic) bond motifs is 1. The maximum atomic E-state index is 15.4. The molecule has 9 heteroatoms. The van der Waals surface area contributed by atoms with Gasteiger partial charge in [0.1, 0.15) is 17.6 Å². The van der Waals surface area contributed by atoms with E-state index in [0.717, 1.165) is 0 Å². The summed E-state index contributed by atoms with van der Waals surface area (Å²) in [6, 6.07) is 16.4. The van der Waals surface area contributed by atoms with Crippen molar-refractivity contribution in [2.24, 2.45) is 0 Å². The molecule has 1 aliphatic heterocycles. The number of pyridine rings is 1. The summed E-state index contributed by atoms with van der Waals surface area (Å²) in [4.78, 5) is 32.2. The maximum absolute atomic E-state index is 15.4. The summed E-state index contributed by atoms with van der Waals surface area (Å²) in [5.74, 6) is -0.518. The number of Topliss-reactive ketones (excluding diaryl/α,β-unsaturated/α-hetero) is 1. The Morgan fingerprint density at radius 3 is 2.54 bits per heavy atom. The van der Waals surface area contributed by atoms with E-state index >= 15 is 4.39 Å². The number of nitrogens with zero attached hydrogens (tertiary/aromatic N) is 4. The van der Waals surface area contributed by atoms with Crippen LogP contribution in [0.15, 0.2) is 60.8 Å². The van der Waals surface area contributed by atoms with Crippen LogP contribution in [-0.2, 0) is 11.2 Å². The van der Waals surface area contributed by atoms with Crippen LogP contribution in [0.2, 0.25) is 5.02 Å².